The minimum Gasteiger partial charge on any atom is -0.391 e. The maximum Gasteiger partial charge on any atom is 0.418 e. The third kappa shape index (κ3) is 4.23. The van der Waals surface area contributed by atoms with Crippen LogP contribution in [0.4, 0.5) is 13.2 Å². The first kappa shape index (κ1) is 24.6. The molecule has 0 spiro atoms. The summed E-state index contributed by atoms with van der Waals surface area (Å²) >= 11 is 0. The fourth-order valence-electron chi connectivity index (χ4n) is 5.19. The number of aryl methyl sites for hydroxylation is 1. The van der Waals surface area contributed by atoms with Crippen molar-refractivity contribution in [3.63, 3.8) is 0 Å². The Morgan fingerprint density at radius 3 is 2.71 bits per heavy atom. The SMILES string of the molecule is Cn1cnnc1CC1(c2cccc(-c3nc4cc(C(=O)N5CC[C@H](O)C5)cc(C(F)(F)F)c4[nH]3)c2)COC1. The second-order valence-corrected chi connectivity index (χ2v) is 10.1. The monoisotopic (exact) mass is 526 g/mol. The largest absolute Gasteiger partial charge is 0.418 e. The number of hydrogen-bond donors (Lipinski definition) is 2. The zero-order chi connectivity index (χ0) is 26.7. The van der Waals surface area contributed by atoms with Crippen molar-refractivity contribution >= 4 is 16.9 Å². The zero-order valence-electron chi connectivity index (χ0n) is 20.5. The van der Waals surface area contributed by atoms with Gasteiger partial charge in [0.25, 0.3) is 5.91 Å². The summed E-state index contributed by atoms with van der Waals surface area (Å²) < 4.78 is 49.6. The third-order valence-electron chi connectivity index (χ3n) is 7.40. The van der Waals surface area contributed by atoms with Crippen LogP contribution in [0.3, 0.4) is 0 Å². The standard InChI is InChI=1S/C26H25F3N6O3/c1-34-14-30-33-21(34)10-25(12-38-13-25)17-4-2-3-15(7-17)23-31-20-9-16(24(37)35-6-5-18(36)11-35)8-19(22(20)32-23)26(27,28)29/h2-4,7-9,14,18,36H,5-6,10-13H2,1H3,(H,31,32)/t18-/m0/s1. The van der Waals surface area contributed by atoms with Crippen molar-refractivity contribution in [2.75, 3.05) is 26.3 Å². The number of fused-ring (bicyclic) bond motifs is 1. The van der Waals surface area contributed by atoms with Gasteiger partial charge in [-0.25, -0.2) is 4.98 Å². The van der Waals surface area contributed by atoms with Gasteiger partial charge in [0.2, 0.25) is 0 Å². The Hall–Kier alpha value is -3.77. The summed E-state index contributed by atoms with van der Waals surface area (Å²) in [6, 6.07) is 9.72. The lowest BCUT2D eigenvalue weighted by molar-refractivity contribution is -0.136. The Labute approximate surface area is 215 Å². The summed E-state index contributed by atoms with van der Waals surface area (Å²) in [5, 5.41) is 17.9. The number of H-pyrrole nitrogens is 1. The summed E-state index contributed by atoms with van der Waals surface area (Å²) in [6.45, 7) is 1.35. The number of amides is 1. The van der Waals surface area contributed by atoms with Crippen LogP contribution in [0.2, 0.25) is 0 Å². The lowest BCUT2D eigenvalue weighted by Gasteiger charge is -2.41. The number of benzene rings is 2. The van der Waals surface area contributed by atoms with E-state index in [1.807, 2.05) is 29.8 Å². The fourth-order valence-corrected chi connectivity index (χ4v) is 5.19. The molecule has 2 N–H and O–H groups in total. The van der Waals surface area contributed by atoms with Crippen molar-refractivity contribution in [1.29, 1.82) is 0 Å². The molecule has 2 fully saturated rings. The fraction of sp³-hybridized carbons (Fsp3) is 0.385. The van der Waals surface area contributed by atoms with Crippen LogP contribution in [0.25, 0.3) is 22.4 Å². The average molecular weight is 527 g/mol. The quantitative estimate of drug-likeness (QED) is 0.414. The molecule has 1 atom stereocenters. The molecule has 0 radical (unpaired) electrons. The number of halogens is 3. The second kappa shape index (κ2) is 8.91. The number of aliphatic hydroxyl groups excluding tert-OH is 1. The average Bonchev–Trinajstić information content (AvgIpc) is 3.59. The molecular formula is C26H25F3N6O3. The number of alkyl halides is 3. The van der Waals surface area contributed by atoms with E-state index >= 15 is 0 Å². The summed E-state index contributed by atoms with van der Waals surface area (Å²) in [7, 11) is 1.87. The number of imidazole rings is 1. The van der Waals surface area contributed by atoms with Crippen molar-refractivity contribution < 1.29 is 27.8 Å². The molecule has 0 saturated carbocycles. The third-order valence-corrected chi connectivity index (χ3v) is 7.40. The first-order valence-corrected chi connectivity index (χ1v) is 12.2. The molecule has 0 unspecified atom stereocenters. The molecule has 4 aromatic rings. The maximum atomic E-state index is 14.1. The number of carbonyl (C=O) groups is 1. The van der Waals surface area contributed by atoms with Crippen LogP contribution < -0.4 is 0 Å². The van der Waals surface area contributed by atoms with E-state index in [4.69, 9.17) is 4.74 Å². The normalized spacial score (nSPS) is 19.2. The lowest BCUT2D eigenvalue weighted by Crippen LogP contribution is -2.49. The van der Waals surface area contributed by atoms with Crippen molar-refractivity contribution in [3.05, 3.63) is 65.2 Å². The minimum absolute atomic E-state index is 0.0455. The Kier molecular flexibility index (Phi) is 5.76. The van der Waals surface area contributed by atoms with Crippen LogP contribution in [-0.2, 0) is 29.8 Å². The second-order valence-electron chi connectivity index (χ2n) is 10.1. The van der Waals surface area contributed by atoms with E-state index in [9.17, 15) is 23.1 Å². The van der Waals surface area contributed by atoms with Gasteiger partial charge >= 0.3 is 6.18 Å². The van der Waals surface area contributed by atoms with E-state index in [1.165, 1.54) is 11.0 Å². The van der Waals surface area contributed by atoms with Crippen molar-refractivity contribution in [1.82, 2.24) is 29.6 Å². The predicted octanol–water partition coefficient (Wildman–Crippen LogP) is 3.09. The Morgan fingerprint density at radius 1 is 1.26 bits per heavy atom. The summed E-state index contributed by atoms with van der Waals surface area (Å²) in [6.07, 6.45) is -2.74. The van der Waals surface area contributed by atoms with E-state index in [1.54, 1.807) is 12.4 Å². The van der Waals surface area contributed by atoms with Gasteiger partial charge < -0.3 is 24.3 Å². The molecule has 2 saturated heterocycles. The molecule has 12 heteroatoms. The summed E-state index contributed by atoms with van der Waals surface area (Å²) in [5.41, 5.74) is 0.0375. The van der Waals surface area contributed by atoms with E-state index < -0.39 is 23.8 Å². The van der Waals surface area contributed by atoms with Crippen LogP contribution in [0, 0.1) is 0 Å². The number of aliphatic hydroxyl groups is 1. The number of rotatable bonds is 5. The van der Waals surface area contributed by atoms with Gasteiger partial charge in [0, 0.05) is 43.1 Å². The number of hydrogen-bond acceptors (Lipinski definition) is 6. The molecular weight excluding hydrogens is 501 g/mol. The molecule has 2 aliphatic rings. The molecule has 0 aliphatic carbocycles. The van der Waals surface area contributed by atoms with Crippen molar-refractivity contribution in [3.8, 4) is 11.4 Å². The first-order valence-electron chi connectivity index (χ1n) is 12.2. The summed E-state index contributed by atoms with van der Waals surface area (Å²) in [5.74, 6) is 0.513. The number of likely N-dealkylation sites (tertiary alicyclic amines) is 1. The molecule has 6 rings (SSSR count). The molecule has 2 aromatic heterocycles. The predicted molar refractivity (Wildman–Crippen MR) is 130 cm³/mol. The van der Waals surface area contributed by atoms with E-state index in [0.29, 0.717) is 31.6 Å². The van der Waals surface area contributed by atoms with Crippen LogP contribution in [0.1, 0.15) is 33.7 Å². The van der Waals surface area contributed by atoms with Gasteiger partial charge in [-0.2, -0.15) is 13.2 Å². The molecule has 2 aliphatic heterocycles. The Morgan fingerprint density at radius 2 is 2.08 bits per heavy atom. The maximum absolute atomic E-state index is 14.1. The number of β-amino-alcohol motifs (C(OH)–C–C–N with tert-alkyl or cyclic N) is 1. The smallest absolute Gasteiger partial charge is 0.391 e. The number of aromatic amines is 1. The number of nitrogens with zero attached hydrogens (tertiary/aromatic N) is 5. The Bertz CT molecular complexity index is 1520. The first-order chi connectivity index (χ1) is 18.1. The van der Waals surface area contributed by atoms with Crippen LogP contribution in [-0.4, -0.2) is 73.1 Å². The van der Waals surface area contributed by atoms with E-state index in [0.717, 1.165) is 17.5 Å². The van der Waals surface area contributed by atoms with Gasteiger partial charge in [-0.05, 0) is 30.2 Å². The van der Waals surface area contributed by atoms with E-state index in [2.05, 4.69) is 20.2 Å². The number of ether oxygens (including phenoxy) is 1. The van der Waals surface area contributed by atoms with Crippen LogP contribution >= 0.6 is 0 Å². The number of carbonyl (C=O) groups excluding carboxylic acids is 1. The van der Waals surface area contributed by atoms with Gasteiger partial charge in [0.1, 0.15) is 18.0 Å². The highest BCUT2D eigenvalue weighted by Crippen LogP contribution is 2.39. The zero-order valence-corrected chi connectivity index (χ0v) is 20.5. The van der Waals surface area contributed by atoms with Crippen LogP contribution in [0.15, 0.2) is 42.7 Å². The molecule has 0 bridgehead atoms. The van der Waals surface area contributed by atoms with E-state index in [-0.39, 0.29) is 40.9 Å². The van der Waals surface area contributed by atoms with Gasteiger partial charge in [0.05, 0.1) is 35.9 Å². The minimum atomic E-state index is -4.70. The molecule has 198 valence electrons. The Balaban J connectivity index is 1.39. The topological polar surface area (TPSA) is 109 Å². The van der Waals surface area contributed by atoms with Gasteiger partial charge in [-0.3, -0.25) is 4.79 Å². The van der Waals surface area contributed by atoms with Crippen molar-refractivity contribution in [2.45, 2.75) is 30.5 Å². The highest BCUT2D eigenvalue weighted by molar-refractivity contribution is 5.99. The molecule has 4 heterocycles. The lowest BCUT2D eigenvalue weighted by atomic mass is 9.75. The van der Waals surface area contributed by atoms with Gasteiger partial charge in [-0.15, -0.1) is 10.2 Å². The number of aromatic nitrogens is 5. The summed E-state index contributed by atoms with van der Waals surface area (Å²) in [4.78, 5) is 21.6. The molecule has 2 aromatic carbocycles. The molecule has 1 amide bonds. The van der Waals surface area contributed by atoms with Crippen LogP contribution in [0.5, 0.6) is 0 Å². The van der Waals surface area contributed by atoms with Crippen molar-refractivity contribution in [2.24, 2.45) is 7.05 Å². The van der Waals surface area contributed by atoms with Gasteiger partial charge in [-0.1, -0.05) is 18.2 Å². The highest BCUT2D eigenvalue weighted by Gasteiger charge is 2.42. The number of nitrogens with one attached hydrogen (secondary N) is 1. The highest BCUT2D eigenvalue weighted by atomic mass is 19.4. The molecule has 38 heavy (non-hydrogen) atoms. The molecule has 9 nitrogen and oxygen atoms in total. The van der Waals surface area contributed by atoms with Gasteiger partial charge in [0.15, 0.2) is 0 Å².